The molecular formula is C18H26N2S. The Morgan fingerprint density at radius 1 is 1.24 bits per heavy atom. The van der Waals surface area contributed by atoms with Crippen LogP contribution >= 0.6 is 11.3 Å². The molecule has 21 heavy (non-hydrogen) atoms. The average Bonchev–Trinajstić information content (AvgIpc) is 2.94. The lowest BCUT2D eigenvalue weighted by Crippen LogP contribution is -2.39. The molecule has 0 bridgehead atoms. The predicted octanol–water partition coefficient (Wildman–Crippen LogP) is 4.79. The molecule has 0 amide bonds. The zero-order valence-corrected chi connectivity index (χ0v) is 13.8. The van der Waals surface area contributed by atoms with Gasteiger partial charge in [0.05, 0.1) is 15.2 Å². The van der Waals surface area contributed by atoms with Crippen LogP contribution in [0.15, 0.2) is 24.3 Å². The summed E-state index contributed by atoms with van der Waals surface area (Å²) < 4.78 is 1.32. The predicted molar refractivity (Wildman–Crippen MR) is 92.0 cm³/mol. The molecule has 1 aromatic heterocycles. The molecule has 1 atom stereocenters. The monoisotopic (exact) mass is 302 g/mol. The fourth-order valence-corrected chi connectivity index (χ4v) is 4.49. The molecule has 0 aliphatic heterocycles. The first-order valence-electron chi connectivity index (χ1n) is 8.44. The number of rotatable bonds is 6. The molecule has 3 rings (SSSR count). The number of benzene rings is 1. The van der Waals surface area contributed by atoms with Crippen LogP contribution in [0.1, 0.15) is 50.5 Å². The zero-order chi connectivity index (χ0) is 14.5. The van der Waals surface area contributed by atoms with E-state index in [0.29, 0.717) is 6.04 Å². The van der Waals surface area contributed by atoms with E-state index in [2.05, 4.69) is 36.5 Å². The van der Waals surface area contributed by atoms with E-state index in [4.69, 9.17) is 4.98 Å². The molecule has 2 aromatic rings. The fourth-order valence-electron chi connectivity index (χ4n) is 3.47. The Labute approximate surface area is 132 Å². The first-order chi connectivity index (χ1) is 10.4. The summed E-state index contributed by atoms with van der Waals surface area (Å²) in [5, 5.41) is 5.10. The van der Waals surface area contributed by atoms with Gasteiger partial charge in [-0.1, -0.05) is 38.3 Å². The third kappa shape index (κ3) is 3.83. The minimum atomic E-state index is 0.616. The highest BCUT2D eigenvalue weighted by Gasteiger charge is 2.24. The molecular weight excluding hydrogens is 276 g/mol. The second kappa shape index (κ2) is 7.37. The van der Waals surface area contributed by atoms with E-state index in [1.54, 1.807) is 0 Å². The molecule has 1 saturated carbocycles. The van der Waals surface area contributed by atoms with Gasteiger partial charge in [-0.2, -0.15) is 0 Å². The third-order valence-corrected chi connectivity index (χ3v) is 5.67. The number of hydrogen-bond acceptors (Lipinski definition) is 3. The van der Waals surface area contributed by atoms with Crippen molar-refractivity contribution in [3.63, 3.8) is 0 Å². The van der Waals surface area contributed by atoms with Crippen molar-refractivity contribution >= 4 is 21.6 Å². The fraction of sp³-hybridized carbons (Fsp3) is 0.611. The SMILES string of the molecule is CCCNC(Cc1nc2ccccc2s1)C1CCCCC1. The van der Waals surface area contributed by atoms with E-state index in [0.717, 1.165) is 24.4 Å². The van der Waals surface area contributed by atoms with E-state index in [-0.39, 0.29) is 0 Å². The summed E-state index contributed by atoms with van der Waals surface area (Å²) in [6, 6.07) is 9.12. The summed E-state index contributed by atoms with van der Waals surface area (Å²) in [7, 11) is 0. The molecule has 2 nitrogen and oxygen atoms in total. The van der Waals surface area contributed by atoms with E-state index in [9.17, 15) is 0 Å². The highest BCUT2D eigenvalue weighted by atomic mass is 32.1. The number of nitrogens with zero attached hydrogens (tertiary/aromatic N) is 1. The van der Waals surface area contributed by atoms with Gasteiger partial charge in [0.25, 0.3) is 0 Å². The maximum Gasteiger partial charge on any atom is 0.0954 e. The largest absolute Gasteiger partial charge is 0.313 e. The highest BCUT2D eigenvalue weighted by Crippen LogP contribution is 2.30. The summed E-state index contributed by atoms with van der Waals surface area (Å²) in [6.07, 6.45) is 9.35. The molecule has 3 heteroatoms. The van der Waals surface area contributed by atoms with E-state index in [1.165, 1.54) is 48.2 Å². The van der Waals surface area contributed by atoms with Crippen LogP contribution in [0.25, 0.3) is 10.2 Å². The number of hydrogen-bond donors (Lipinski definition) is 1. The van der Waals surface area contributed by atoms with Gasteiger partial charge in [0, 0.05) is 12.5 Å². The number of nitrogens with one attached hydrogen (secondary N) is 1. The zero-order valence-electron chi connectivity index (χ0n) is 13.0. The van der Waals surface area contributed by atoms with E-state index in [1.807, 2.05) is 11.3 Å². The summed E-state index contributed by atoms with van der Waals surface area (Å²) >= 11 is 1.87. The van der Waals surface area contributed by atoms with Crippen LogP contribution in [0.5, 0.6) is 0 Å². The maximum absolute atomic E-state index is 4.83. The van der Waals surface area contributed by atoms with Crippen LogP contribution in [0.4, 0.5) is 0 Å². The third-order valence-electron chi connectivity index (χ3n) is 4.61. The van der Waals surface area contributed by atoms with Crippen molar-refractivity contribution in [2.24, 2.45) is 5.92 Å². The number of para-hydroxylation sites is 1. The van der Waals surface area contributed by atoms with Crippen LogP contribution < -0.4 is 5.32 Å². The van der Waals surface area contributed by atoms with Crippen LogP contribution in [-0.4, -0.2) is 17.6 Å². The van der Waals surface area contributed by atoms with Gasteiger partial charge >= 0.3 is 0 Å². The van der Waals surface area contributed by atoms with Gasteiger partial charge in [0.1, 0.15) is 0 Å². The van der Waals surface area contributed by atoms with Gasteiger partial charge < -0.3 is 5.32 Å². The van der Waals surface area contributed by atoms with Gasteiger partial charge in [0.15, 0.2) is 0 Å². The van der Waals surface area contributed by atoms with Gasteiger partial charge in [-0.25, -0.2) is 4.98 Å². The highest BCUT2D eigenvalue weighted by molar-refractivity contribution is 7.18. The van der Waals surface area contributed by atoms with Crippen molar-refractivity contribution < 1.29 is 0 Å². The van der Waals surface area contributed by atoms with Crippen LogP contribution in [-0.2, 0) is 6.42 Å². The number of aromatic nitrogens is 1. The first-order valence-corrected chi connectivity index (χ1v) is 9.26. The molecule has 1 aliphatic rings. The minimum absolute atomic E-state index is 0.616. The van der Waals surface area contributed by atoms with Crippen molar-refractivity contribution in [3.05, 3.63) is 29.3 Å². The molecule has 1 heterocycles. The summed E-state index contributed by atoms with van der Waals surface area (Å²) in [5.41, 5.74) is 1.16. The van der Waals surface area contributed by atoms with Crippen LogP contribution in [0.2, 0.25) is 0 Å². The lowest BCUT2D eigenvalue weighted by Gasteiger charge is -2.30. The van der Waals surface area contributed by atoms with Crippen LogP contribution in [0.3, 0.4) is 0 Å². The Balaban J connectivity index is 1.72. The van der Waals surface area contributed by atoms with E-state index < -0.39 is 0 Å². The summed E-state index contributed by atoms with van der Waals surface area (Å²) in [5.74, 6) is 0.845. The first kappa shape index (κ1) is 15.0. The number of thiazole rings is 1. The molecule has 1 aromatic carbocycles. The molecule has 1 aliphatic carbocycles. The second-order valence-corrected chi connectivity index (χ2v) is 7.35. The normalized spacial score (nSPS) is 18.1. The summed E-state index contributed by atoms with van der Waals surface area (Å²) in [6.45, 7) is 3.38. The molecule has 0 radical (unpaired) electrons. The second-order valence-electron chi connectivity index (χ2n) is 6.24. The Morgan fingerprint density at radius 3 is 2.81 bits per heavy atom. The van der Waals surface area contributed by atoms with Crippen LogP contribution in [0, 0.1) is 5.92 Å². The standard InChI is InChI=1S/C18H26N2S/c1-2-12-19-16(14-8-4-3-5-9-14)13-18-20-15-10-6-7-11-17(15)21-18/h6-7,10-11,14,16,19H,2-5,8-9,12-13H2,1H3. The minimum Gasteiger partial charge on any atom is -0.313 e. The Bertz CT molecular complexity index is 524. The van der Waals surface area contributed by atoms with Crippen molar-refractivity contribution in [3.8, 4) is 0 Å². The Morgan fingerprint density at radius 2 is 2.05 bits per heavy atom. The van der Waals surface area contributed by atoms with Crippen molar-refractivity contribution in [1.82, 2.24) is 10.3 Å². The molecule has 1 unspecified atom stereocenters. The van der Waals surface area contributed by atoms with Crippen molar-refractivity contribution in [1.29, 1.82) is 0 Å². The topological polar surface area (TPSA) is 24.9 Å². The van der Waals surface area contributed by atoms with Gasteiger partial charge in [-0.05, 0) is 43.9 Å². The molecule has 0 saturated heterocycles. The number of fused-ring (bicyclic) bond motifs is 1. The van der Waals surface area contributed by atoms with Gasteiger partial charge in [-0.3, -0.25) is 0 Å². The molecule has 114 valence electrons. The average molecular weight is 302 g/mol. The Kier molecular flexibility index (Phi) is 5.26. The lowest BCUT2D eigenvalue weighted by molar-refractivity contribution is 0.267. The Hall–Kier alpha value is -0.930. The quantitative estimate of drug-likeness (QED) is 0.830. The van der Waals surface area contributed by atoms with Gasteiger partial charge in [-0.15, -0.1) is 11.3 Å². The van der Waals surface area contributed by atoms with Crippen molar-refractivity contribution in [2.45, 2.75) is 57.9 Å². The summed E-state index contributed by atoms with van der Waals surface area (Å²) in [4.78, 5) is 4.83. The molecule has 1 N–H and O–H groups in total. The molecule has 0 spiro atoms. The van der Waals surface area contributed by atoms with Crippen molar-refractivity contribution in [2.75, 3.05) is 6.54 Å². The smallest absolute Gasteiger partial charge is 0.0954 e. The maximum atomic E-state index is 4.83. The van der Waals surface area contributed by atoms with Gasteiger partial charge in [0.2, 0.25) is 0 Å². The van der Waals surface area contributed by atoms with E-state index >= 15 is 0 Å². The lowest BCUT2D eigenvalue weighted by atomic mass is 9.82. The molecule has 1 fully saturated rings.